The van der Waals surface area contributed by atoms with Crippen LogP contribution >= 0.6 is 11.6 Å². The summed E-state index contributed by atoms with van der Waals surface area (Å²) in [6.45, 7) is 0. The van der Waals surface area contributed by atoms with E-state index in [1.807, 2.05) is 60.7 Å². The molecule has 2 aliphatic rings. The van der Waals surface area contributed by atoms with E-state index in [4.69, 9.17) is 16.6 Å². The smallest absolute Gasteiger partial charge is 0.249 e. The maximum Gasteiger partial charge on any atom is 0.249 e. The van der Waals surface area contributed by atoms with E-state index in [1.54, 1.807) is 12.1 Å². The van der Waals surface area contributed by atoms with E-state index in [0.717, 1.165) is 22.4 Å². The number of para-hydroxylation sites is 1. The topological polar surface area (TPSA) is 70.6 Å². The highest BCUT2D eigenvalue weighted by molar-refractivity contribution is 6.32. The highest BCUT2D eigenvalue weighted by Crippen LogP contribution is 2.37. The molecule has 5 rings (SSSR count). The van der Waals surface area contributed by atoms with Crippen LogP contribution in [0.5, 0.6) is 0 Å². The van der Waals surface area contributed by atoms with Crippen LogP contribution in [0.3, 0.4) is 0 Å². The lowest BCUT2D eigenvalue weighted by Crippen LogP contribution is -2.29. The van der Waals surface area contributed by atoms with Crippen LogP contribution in [-0.4, -0.2) is 23.6 Å². The summed E-state index contributed by atoms with van der Waals surface area (Å²) in [6.07, 6.45) is 0.284. The van der Waals surface area contributed by atoms with Crippen molar-refractivity contribution in [3.8, 4) is 0 Å². The Morgan fingerprint density at radius 3 is 2.40 bits per heavy atom. The van der Waals surface area contributed by atoms with Crippen LogP contribution in [-0.2, 0) is 9.59 Å². The molecule has 2 atom stereocenters. The van der Waals surface area contributed by atoms with E-state index in [-0.39, 0.29) is 18.2 Å². The van der Waals surface area contributed by atoms with Crippen molar-refractivity contribution in [3.63, 3.8) is 0 Å². The van der Waals surface area contributed by atoms with Gasteiger partial charge in [0.2, 0.25) is 11.8 Å². The number of carbonyl (C=O) groups excluding carboxylic acids is 2. The lowest BCUT2D eigenvalue weighted by atomic mass is 9.93. The molecule has 0 saturated heterocycles. The Bertz CT molecular complexity index is 1190. The largest absolute Gasteiger partial charge is 0.325 e. The van der Waals surface area contributed by atoms with Crippen molar-refractivity contribution in [1.29, 1.82) is 0 Å². The number of rotatable bonds is 3. The van der Waals surface area contributed by atoms with Gasteiger partial charge in [-0.3, -0.25) is 14.6 Å². The summed E-state index contributed by atoms with van der Waals surface area (Å²) in [5, 5.41) is 6.43. The van der Waals surface area contributed by atoms with Crippen LogP contribution in [0.1, 0.15) is 29.0 Å². The molecule has 3 aromatic rings. The third-order valence-electron chi connectivity index (χ3n) is 5.50. The zero-order valence-corrected chi connectivity index (χ0v) is 16.7. The van der Waals surface area contributed by atoms with E-state index >= 15 is 0 Å². The second kappa shape index (κ2) is 7.43. The minimum Gasteiger partial charge on any atom is -0.325 e. The predicted octanol–water partition coefficient (Wildman–Crippen LogP) is 4.62. The zero-order valence-electron chi connectivity index (χ0n) is 15.9. The molecule has 30 heavy (non-hydrogen) atoms. The number of hydrogen-bond acceptors (Lipinski definition) is 3. The average molecular weight is 416 g/mol. The van der Waals surface area contributed by atoms with E-state index in [1.165, 1.54) is 0 Å². The Balaban J connectivity index is 1.59. The molecule has 0 aliphatic carbocycles. The molecular formula is C24H18ClN3O2. The molecule has 2 aliphatic heterocycles. The van der Waals surface area contributed by atoms with Gasteiger partial charge in [0.05, 0.1) is 17.3 Å². The highest BCUT2D eigenvalue weighted by atomic mass is 35.5. The number of anilines is 2. The number of carbonyl (C=O) groups is 2. The van der Waals surface area contributed by atoms with Gasteiger partial charge >= 0.3 is 0 Å². The van der Waals surface area contributed by atoms with Crippen molar-refractivity contribution in [1.82, 2.24) is 0 Å². The molecule has 0 bridgehead atoms. The molecule has 6 heteroatoms. The number of nitrogens with one attached hydrogen (secondary N) is 2. The molecule has 1 unspecified atom stereocenters. The Morgan fingerprint density at radius 1 is 0.833 bits per heavy atom. The number of nitrogens with zero attached hydrogens (tertiary/aromatic N) is 1. The molecule has 0 fully saturated rings. The van der Waals surface area contributed by atoms with E-state index < -0.39 is 12.0 Å². The van der Waals surface area contributed by atoms with E-state index in [9.17, 15) is 9.59 Å². The number of hydrogen-bond donors (Lipinski definition) is 2. The van der Waals surface area contributed by atoms with Crippen molar-refractivity contribution in [2.45, 2.75) is 18.4 Å². The lowest BCUT2D eigenvalue weighted by molar-refractivity contribution is -0.118. The normalized spacial score (nSPS) is 19.8. The van der Waals surface area contributed by atoms with Crippen LogP contribution in [0.2, 0.25) is 5.02 Å². The van der Waals surface area contributed by atoms with E-state index in [0.29, 0.717) is 16.4 Å². The van der Waals surface area contributed by atoms with Gasteiger partial charge in [-0.25, -0.2) is 0 Å². The maximum absolute atomic E-state index is 13.1. The van der Waals surface area contributed by atoms with E-state index in [2.05, 4.69) is 10.6 Å². The molecule has 148 valence electrons. The molecule has 0 saturated carbocycles. The van der Waals surface area contributed by atoms with Crippen LogP contribution in [0, 0.1) is 0 Å². The minimum atomic E-state index is -0.715. The summed E-state index contributed by atoms with van der Waals surface area (Å²) >= 11 is 6.25. The molecule has 2 heterocycles. The molecular weight excluding hydrogens is 398 g/mol. The van der Waals surface area contributed by atoms with Crippen molar-refractivity contribution >= 4 is 40.5 Å². The van der Waals surface area contributed by atoms with Crippen LogP contribution in [0.25, 0.3) is 0 Å². The van der Waals surface area contributed by atoms with Crippen LogP contribution in [0.4, 0.5) is 11.4 Å². The SMILES string of the molecule is O=C1Nc2ccccc2C1C[C@H]1N=C(c2ccccc2)c2cc(Cl)ccc2NC1=O. The van der Waals surface area contributed by atoms with Crippen LogP contribution in [0.15, 0.2) is 77.8 Å². The Kier molecular flexibility index (Phi) is 4.60. The number of halogens is 1. The first-order chi connectivity index (χ1) is 14.6. The van der Waals surface area contributed by atoms with Gasteiger partial charge in [0.15, 0.2) is 0 Å². The van der Waals surface area contributed by atoms with Crippen molar-refractivity contribution < 1.29 is 9.59 Å². The van der Waals surface area contributed by atoms with Gasteiger partial charge in [-0.05, 0) is 36.2 Å². The molecule has 0 aromatic heterocycles. The first-order valence-electron chi connectivity index (χ1n) is 9.74. The van der Waals surface area contributed by atoms with Gasteiger partial charge in [-0.1, -0.05) is 60.1 Å². The number of benzene rings is 3. The average Bonchev–Trinajstić information content (AvgIpc) is 3.00. The van der Waals surface area contributed by atoms with Gasteiger partial charge in [-0.2, -0.15) is 0 Å². The van der Waals surface area contributed by atoms with Gasteiger partial charge in [-0.15, -0.1) is 0 Å². The predicted molar refractivity (Wildman–Crippen MR) is 118 cm³/mol. The summed E-state index contributed by atoms with van der Waals surface area (Å²) in [5.41, 5.74) is 4.69. The fraction of sp³-hybridized carbons (Fsp3) is 0.125. The standard InChI is InChI=1S/C24H18ClN3O2/c25-15-10-11-20-18(12-15)22(14-6-2-1-3-7-14)26-21(24(30)28-20)13-17-16-8-4-5-9-19(16)27-23(17)29/h1-12,17,21H,13H2,(H,27,29)(H,28,30)/t17?,21-/m1/s1. The van der Waals surface area contributed by atoms with Crippen LogP contribution < -0.4 is 10.6 Å². The second-order valence-corrected chi connectivity index (χ2v) is 7.84. The lowest BCUT2D eigenvalue weighted by Gasteiger charge is -2.15. The van der Waals surface area contributed by atoms with Gasteiger partial charge in [0.1, 0.15) is 6.04 Å². The quantitative estimate of drug-likeness (QED) is 0.655. The number of benzodiazepines with no additional fused rings is 1. The van der Waals surface area contributed by atoms with Crippen molar-refractivity contribution in [2.75, 3.05) is 10.6 Å². The summed E-state index contributed by atoms with van der Waals surface area (Å²) in [5.74, 6) is -0.769. The Hall–Kier alpha value is -3.44. The summed E-state index contributed by atoms with van der Waals surface area (Å²) in [7, 11) is 0. The third kappa shape index (κ3) is 3.27. The number of aliphatic imine (C=N–C) groups is 1. The number of amides is 2. The first-order valence-corrected chi connectivity index (χ1v) is 10.1. The molecule has 2 N–H and O–H groups in total. The first kappa shape index (κ1) is 18.6. The molecule has 2 amide bonds. The Labute approximate surface area is 178 Å². The molecule has 5 nitrogen and oxygen atoms in total. The summed E-state index contributed by atoms with van der Waals surface area (Å²) in [4.78, 5) is 30.5. The summed E-state index contributed by atoms with van der Waals surface area (Å²) in [6, 6.07) is 21.9. The monoisotopic (exact) mass is 415 g/mol. The van der Waals surface area contributed by atoms with Gasteiger partial charge in [0.25, 0.3) is 0 Å². The minimum absolute atomic E-state index is 0.106. The fourth-order valence-electron chi connectivity index (χ4n) is 4.04. The summed E-state index contributed by atoms with van der Waals surface area (Å²) < 4.78 is 0. The van der Waals surface area contributed by atoms with Gasteiger partial charge in [0, 0.05) is 21.8 Å². The van der Waals surface area contributed by atoms with Crippen molar-refractivity contribution in [2.24, 2.45) is 4.99 Å². The van der Waals surface area contributed by atoms with Crippen molar-refractivity contribution in [3.05, 3.63) is 94.5 Å². The molecule has 0 spiro atoms. The van der Waals surface area contributed by atoms with Gasteiger partial charge < -0.3 is 10.6 Å². The second-order valence-electron chi connectivity index (χ2n) is 7.40. The zero-order chi connectivity index (χ0) is 20.7. The maximum atomic E-state index is 13.1. The molecule has 3 aromatic carbocycles. The number of fused-ring (bicyclic) bond motifs is 2. The highest BCUT2D eigenvalue weighted by Gasteiger charge is 2.36. The third-order valence-corrected chi connectivity index (χ3v) is 5.73. The Morgan fingerprint density at radius 2 is 1.57 bits per heavy atom. The molecule has 0 radical (unpaired) electrons. The fourth-order valence-corrected chi connectivity index (χ4v) is 4.21.